The van der Waals surface area contributed by atoms with Gasteiger partial charge >= 0.3 is 0 Å². The van der Waals surface area contributed by atoms with Crippen LogP contribution in [0.3, 0.4) is 0 Å². The Morgan fingerprint density at radius 3 is 3.00 bits per heavy atom. The molecule has 4 heteroatoms. The maximum Gasteiger partial charge on any atom is 0.138 e. The third-order valence-electron chi connectivity index (χ3n) is 3.21. The van der Waals surface area contributed by atoms with E-state index in [-0.39, 0.29) is 5.54 Å². The number of hydrogen-bond acceptors (Lipinski definition) is 4. The summed E-state index contributed by atoms with van der Waals surface area (Å²) in [5.74, 6) is 2.62. The molecule has 0 spiro atoms. The minimum Gasteiger partial charge on any atom is -0.496 e. The highest BCUT2D eigenvalue weighted by molar-refractivity contribution is 7.99. The maximum atomic E-state index is 6.15. The Labute approximate surface area is 99.3 Å². The van der Waals surface area contributed by atoms with Gasteiger partial charge in [0.25, 0.3) is 0 Å². The quantitative estimate of drug-likeness (QED) is 0.875. The molecular weight excluding hydrogens is 222 g/mol. The molecule has 0 atom stereocenters. The molecule has 1 aliphatic heterocycles. The van der Waals surface area contributed by atoms with Crippen molar-refractivity contribution in [2.24, 2.45) is 5.73 Å². The van der Waals surface area contributed by atoms with Crippen LogP contribution in [0, 0.1) is 0 Å². The fourth-order valence-corrected chi connectivity index (χ4v) is 2.77. The second-order valence-corrected chi connectivity index (χ2v) is 5.52. The topological polar surface area (TPSA) is 44.5 Å². The van der Waals surface area contributed by atoms with Crippen LogP contribution in [0.25, 0.3) is 0 Å². The normalized spacial score (nSPS) is 20.1. The summed E-state index contributed by atoms with van der Waals surface area (Å²) in [5, 5.41) is 0. The van der Waals surface area contributed by atoms with Gasteiger partial charge in [0.1, 0.15) is 17.4 Å². The predicted molar refractivity (Wildman–Crippen MR) is 64.2 cm³/mol. The van der Waals surface area contributed by atoms with Crippen molar-refractivity contribution in [3.63, 3.8) is 0 Å². The van der Waals surface area contributed by atoms with Gasteiger partial charge in [0.15, 0.2) is 0 Å². The highest BCUT2D eigenvalue weighted by atomic mass is 32.2. The molecule has 1 heterocycles. The minimum atomic E-state index is 0.00721. The molecule has 16 heavy (non-hydrogen) atoms. The molecule has 1 aromatic carbocycles. The van der Waals surface area contributed by atoms with Crippen molar-refractivity contribution in [1.29, 1.82) is 0 Å². The van der Waals surface area contributed by atoms with E-state index in [0.29, 0.717) is 5.94 Å². The summed E-state index contributed by atoms with van der Waals surface area (Å²) in [6.07, 6.45) is 3.11. The molecule has 86 valence electrons. The zero-order chi connectivity index (χ0) is 11.2. The van der Waals surface area contributed by atoms with E-state index in [2.05, 4.69) is 12.1 Å². The summed E-state index contributed by atoms with van der Waals surface area (Å²) >= 11 is 1.71. The van der Waals surface area contributed by atoms with Crippen molar-refractivity contribution < 1.29 is 9.47 Å². The molecule has 1 aromatic rings. The van der Waals surface area contributed by atoms with E-state index < -0.39 is 0 Å². The van der Waals surface area contributed by atoms with Gasteiger partial charge in [0, 0.05) is 5.54 Å². The number of thioether (sulfide) groups is 1. The highest BCUT2D eigenvalue weighted by Crippen LogP contribution is 2.44. The number of fused-ring (bicyclic) bond motifs is 1. The van der Waals surface area contributed by atoms with E-state index in [1.165, 1.54) is 10.5 Å². The molecule has 1 saturated carbocycles. The Balaban J connectivity index is 1.95. The molecule has 0 aromatic heterocycles. The minimum absolute atomic E-state index is 0.00721. The van der Waals surface area contributed by atoms with Gasteiger partial charge in [-0.1, -0.05) is 11.8 Å². The predicted octanol–water partition coefficient (Wildman–Crippen LogP) is 2.17. The van der Waals surface area contributed by atoms with Crippen LogP contribution >= 0.6 is 11.8 Å². The van der Waals surface area contributed by atoms with E-state index in [4.69, 9.17) is 15.2 Å². The first-order valence-corrected chi connectivity index (χ1v) is 6.44. The summed E-state index contributed by atoms with van der Waals surface area (Å²) in [5.41, 5.74) is 7.32. The lowest BCUT2D eigenvalue weighted by molar-refractivity contribution is 0.387. The van der Waals surface area contributed by atoms with Gasteiger partial charge in [-0.15, -0.1) is 0 Å². The number of rotatable bonds is 3. The van der Waals surface area contributed by atoms with Crippen molar-refractivity contribution in [2.75, 3.05) is 13.0 Å². The zero-order valence-corrected chi connectivity index (χ0v) is 10.1. The van der Waals surface area contributed by atoms with Crippen LogP contribution in [-0.2, 0) is 6.42 Å². The van der Waals surface area contributed by atoms with Crippen LogP contribution < -0.4 is 15.2 Å². The lowest BCUT2D eigenvalue weighted by atomic mass is 10.0. The molecule has 3 nitrogen and oxygen atoms in total. The van der Waals surface area contributed by atoms with Gasteiger partial charge in [-0.2, -0.15) is 0 Å². The molecule has 1 aliphatic carbocycles. The van der Waals surface area contributed by atoms with Crippen molar-refractivity contribution in [2.45, 2.75) is 29.7 Å². The number of hydrogen-bond donors (Lipinski definition) is 1. The van der Waals surface area contributed by atoms with Crippen molar-refractivity contribution in [3.8, 4) is 11.5 Å². The summed E-state index contributed by atoms with van der Waals surface area (Å²) in [6.45, 7) is 0. The summed E-state index contributed by atoms with van der Waals surface area (Å²) in [6, 6.07) is 4.15. The molecule has 1 fully saturated rings. The lowest BCUT2D eigenvalue weighted by Crippen LogP contribution is -2.24. The zero-order valence-electron chi connectivity index (χ0n) is 9.29. The van der Waals surface area contributed by atoms with Crippen LogP contribution in [0.2, 0.25) is 0 Å². The standard InChI is InChI=1S/C12H15NO2S/c1-14-9-5-11-10(15-7-16-11)4-8(9)6-12(13)2-3-12/h4-5H,2-3,6-7,13H2,1H3. The SMILES string of the molecule is COc1cc2c(cc1CC1(N)CC1)OCS2. The van der Waals surface area contributed by atoms with Gasteiger partial charge in [-0.05, 0) is 37.0 Å². The smallest absolute Gasteiger partial charge is 0.138 e. The number of ether oxygens (including phenoxy) is 2. The van der Waals surface area contributed by atoms with Crippen LogP contribution in [0.5, 0.6) is 11.5 Å². The van der Waals surface area contributed by atoms with Gasteiger partial charge in [0.2, 0.25) is 0 Å². The third-order valence-corrected chi connectivity index (χ3v) is 4.08. The molecule has 2 N–H and O–H groups in total. The van der Waals surface area contributed by atoms with Crippen LogP contribution in [-0.4, -0.2) is 18.6 Å². The summed E-state index contributed by atoms with van der Waals surface area (Å²) < 4.78 is 11.0. The van der Waals surface area contributed by atoms with E-state index in [1.54, 1.807) is 18.9 Å². The Kier molecular flexibility index (Phi) is 2.30. The fraction of sp³-hybridized carbons (Fsp3) is 0.500. The van der Waals surface area contributed by atoms with Crippen LogP contribution in [0.15, 0.2) is 17.0 Å². The number of nitrogens with two attached hydrogens (primary N) is 1. The average molecular weight is 237 g/mol. The molecule has 0 saturated heterocycles. The molecule has 0 radical (unpaired) electrons. The molecule has 2 aliphatic rings. The molecule has 3 rings (SSSR count). The number of benzene rings is 1. The molecule has 0 unspecified atom stereocenters. The average Bonchev–Trinajstić information content (AvgIpc) is 2.82. The summed E-state index contributed by atoms with van der Waals surface area (Å²) in [4.78, 5) is 1.17. The Morgan fingerprint density at radius 2 is 2.31 bits per heavy atom. The van der Waals surface area contributed by atoms with Crippen LogP contribution in [0.1, 0.15) is 18.4 Å². The van der Waals surface area contributed by atoms with E-state index in [1.807, 2.05) is 0 Å². The van der Waals surface area contributed by atoms with E-state index in [0.717, 1.165) is 30.8 Å². The second kappa shape index (κ2) is 3.57. The van der Waals surface area contributed by atoms with Gasteiger partial charge in [0.05, 0.1) is 12.0 Å². The Bertz CT molecular complexity index is 429. The van der Waals surface area contributed by atoms with E-state index in [9.17, 15) is 0 Å². The third kappa shape index (κ3) is 1.76. The van der Waals surface area contributed by atoms with Crippen molar-refractivity contribution in [3.05, 3.63) is 17.7 Å². The van der Waals surface area contributed by atoms with Gasteiger partial charge < -0.3 is 15.2 Å². The largest absolute Gasteiger partial charge is 0.496 e. The Hall–Kier alpha value is -0.870. The van der Waals surface area contributed by atoms with Gasteiger partial charge in [-0.25, -0.2) is 0 Å². The summed E-state index contributed by atoms with van der Waals surface area (Å²) in [7, 11) is 1.71. The number of methoxy groups -OCH3 is 1. The molecule has 0 bridgehead atoms. The first-order chi connectivity index (χ1) is 7.70. The fourth-order valence-electron chi connectivity index (χ4n) is 2.01. The molecular formula is C12H15NO2S. The van der Waals surface area contributed by atoms with Gasteiger partial charge in [-0.3, -0.25) is 0 Å². The van der Waals surface area contributed by atoms with E-state index >= 15 is 0 Å². The monoisotopic (exact) mass is 237 g/mol. The van der Waals surface area contributed by atoms with Crippen molar-refractivity contribution >= 4 is 11.8 Å². The molecule has 0 amide bonds. The second-order valence-electron chi connectivity index (χ2n) is 4.56. The maximum absolute atomic E-state index is 6.15. The lowest BCUT2D eigenvalue weighted by Gasteiger charge is -2.13. The first-order valence-electron chi connectivity index (χ1n) is 5.46. The van der Waals surface area contributed by atoms with Crippen LogP contribution in [0.4, 0.5) is 0 Å². The first kappa shape index (κ1) is 10.3. The van der Waals surface area contributed by atoms with Crippen molar-refractivity contribution in [1.82, 2.24) is 0 Å². The Morgan fingerprint density at radius 1 is 1.50 bits per heavy atom. The highest BCUT2D eigenvalue weighted by Gasteiger charge is 2.39.